The van der Waals surface area contributed by atoms with E-state index in [0.29, 0.717) is 0 Å². The van der Waals surface area contributed by atoms with Crippen LogP contribution >= 0.6 is 0 Å². The molecule has 0 aliphatic carbocycles. The summed E-state index contributed by atoms with van der Waals surface area (Å²) in [6, 6.07) is 7.98. The molecule has 0 N–H and O–H groups in total. The first-order valence-electron chi connectivity index (χ1n) is 6.00. The van der Waals surface area contributed by atoms with Crippen molar-refractivity contribution in [2.24, 2.45) is 0 Å². The van der Waals surface area contributed by atoms with Crippen LogP contribution in [0.4, 0.5) is 0 Å². The molecule has 2 heteroatoms. The second-order valence-electron chi connectivity index (χ2n) is 4.63. The fraction of sp³-hybridized carbons (Fsp3) is 0.500. The van der Waals surface area contributed by atoms with Gasteiger partial charge in [-0.05, 0) is 30.9 Å². The van der Waals surface area contributed by atoms with E-state index in [2.05, 4.69) is 19.9 Å². The Hall–Kier alpha value is -1.31. The molecule has 1 aromatic rings. The summed E-state index contributed by atoms with van der Waals surface area (Å²) in [5.74, 6) is 0.172. The van der Waals surface area contributed by atoms with E-state index in [0.717, 1.165) is 24.8 Å². The summed E-state index contributed by atoms with van der Waals surface area (Å²) < 4.78 is 0. The number of fused-ring (bicyclic) bond motifs is 1. The van der Waals surface area contributed by atoms with E-state index in [1.165, 1.54) is 5.56 Å². The van der Waals surface area contributed by atoms with Gasteiger partial charge >= 0.3 is 0 Å². The third-order valence-electron chi connectivity index (χ3n) is 4.10. The summed E-state index contributed by atoms with van der Waals surface area (Å²) in [6.07, 6.45) is 3.01. The monoisotopic (exact) mass is 217 g/mol. The van der Waals surface area contributed by atoms with Crippen molar-refractivity contribution < 1.29 is 4.79 Å². The quantitative estimate of drug-likeness (QED) is 0.746. The second kappa shape index (κ2) is 3.93. The summed E-state index contributed by atoms with van der Waals surface area (Å²) >= 11 is 0. The van der Waals surface area contributed by atoms with Crippen LogP contribution in [0.3, 0.4) is 0 Å². The van der Waals surface area contributed by atoms with Crippen LogP contribution in [0, 0.1) is 0 Å². The van der Waals surface area contributed by atoms with Crippen LogP contribution in [0.15, 0.2) is 24.3 Å². The molecule has 0 unspecified atom stereocenters. The van der Waals surface area contributed by atoms with E-state index in [4.69, 9.17) is 0 Å². The number of nitrogens with zero attached hydrogens (tertiary/aromatic N) is 1. The Labute approximate surface area is 97.3 Å². The molecule has 1 aliphatic heterocycles. The van der Waals surface area contributed by atoms with E-state index >= 15 is 0 Å². The highest BCUT2D eigenvalue weighted by Gasteiger charge is 2.39. The molecule has 1 aliphatic rings. The zero-order valence-electron chi connectivity index (χ0n) is 10.3. The molecule has 1 heterocycles. The molecule has 0 bridgehead atoms. The molecule has 0 saturated carbocycles. The third kappa shape index (κ3) is 1.44. The third-order valence-corrected chi connectivity index (χ3v) is 4.10. The average Bonchev–Trinajstić information content (AvgIpc) is 2.34. The first-order chi connectivity index (χ1) is 7.64. The van der Waals surface area contributed by atoms with Crippen molar-refractivity contribution >= 4 is 5.91 Å². The number of hydrogen-bond acceptors (Lipinski definition) is 1. The Kier molecular flexibility index (Phi) is 2.75. The lowest BCUT2D eigenvalue weighted by Crippen LogP contribution is -2.53. The molecule has 2 nitrogen and oxygen atoms in total. The largest absolute Gasteiger partial charge is 0.336 e. The van der Waals surface area contributed by atoms with Gasteiger partial charge in [0, 0.05) is 18.2 Å². The molecule has 1 amide bonds. The standard InChI is InChI=1S/C14H19NO/c1-4-14(5-2)10-11-8-6-7-9-12(11)13(16)15(14)3/h6-9H,4-5,10H2,1-3H3. The van der Waals surface area contributed by atoms with Crippen molar-refractivity contribution in [3.05, 3.63) is 35.4 Å². The first-order valence-corrected chi connectivity index (χ1v) is 6.00. The minimum Gasteiger partial charge on any atom is -0.336 e. The van der Waals surface area contributed by atoms with E-state index < -0.39 is 0 Å². The highest BCUT2D eigenvalue weighted by Crippen LogP contribution is 2.34. The molecule has 0 atom stereocenters. The highest BCUT2D eigenvalue weighted by molar-refractivity contribution is 5.97. The van der Waals surface area contributed by atoms with Crippen molar-refractivity contribution in [1.82, 2.24) is 4.90 Å². The molecule has 0 saturated heterocycles. The van der Waals surface area contributed by atoms with E-state index in [-0.39, 0.29) is 11.4 Å². The lowest BCUT2D eigenvalue weighted by Gasteiger charge is -2.45. The molecule has 0 radical (unpaired) electrons. The predicted molar refractivity (Wildman–Crippen MR) is 65.6 cm³/mol. The Bertz CT molecular complexity index is 407. The fourth-order valence-electron chi connectivity index (χ4n) is 2.73. The lowest BCUT2D eigenvalue weighted by atomic mass is 9.79. The predicted octanol–water partition coefficient (Wildman–Crippen LogP) is 2.87. The van der Waals surface area contributed by atoms with Crippen LogP contribution in [-0.4, -0.2) is 23.4 Å². The lowest BCUT2D eigenvalue weighted by molar-refractivity contribution is 0.0487. The number of carbonyl (C=O) groups excluding carboxylic acids is 1. The summed E-state index contributed by atoms with van der Waals surface area (Å²) in [5, 5.41) is 0. The summed E-state index contributed by atoms with van der Waals surface area (Å²) in [6.45, 7) is 4.34. The van der Waals surface area contributed by atoms with Gasteiger partial charge in [-0.25, -0.2) is 0 Å². The minimum absolute atomic E-state index is 0.0193. The first kappa shape index (κ1) is 11.2. The smallest absolute Gasteiger partial charge is 0.254 e. The van der Waals surface area contributed by atoms with Gasteiger partial charge in [0.05, 0.1) is 0 Å². The van der Waals surface area contributed by atoms with E-state index in [1.54, 1.807) is 0 Å². The van der Waals surface area contributed by atoms with E-state index in [1.807, 2.05) is 30.1 Å². The van der Waals surface area contributed by atoms with Crippen molar-refractivity contribution in [2.45, 2.75) is 38.6 Å². The topological polar surface area (TPSA) is 20.3 Å². The maximum absolute atomic E-state index is 12.3. The molecule has 16 heavy (non-hydrogen) atoms. The fourth-order valence-corrected chi connectivity index (χ4v) is 2.73. The zero-order valence-corrected chi connectivity index (χ0v) is 10.3. The highest BCUT2D eigenvalue weighted by atomic mass is 16.2. The van der Waals surface area contributed by atoms with Gasteiger partial charge in [-0.1, -0.05) is 32.0 Å². The van der Waals surface area contributed by atoms with Crippen molar-refractivity contribution in [3.63, 3.8) is 0 Å². The maximum atomic E-state index is 12.3. The van der Waals surface area contributed by atoms with Crippen LogP contribution in [0.25, 0.3) is 0 Å². The molecule has 0 spiro atoms. The van der Waals surface area contributed by atoms with Crippen LogP contribution in [0.1, 0.15) is 42.6 Å². The molecular weight excluding hydrogens is 198 g/mol. The molecule has 2 rings (SSSR count). The Morgan fingerprint density at radius 2 is 1.88 bits per heavy atom. The number of rotatable bonds is 2. The van der Waals surface area contributed by atoms with Crippen molar-refractivity contribution in [1.29, 1.82) is 0 Å². The number of benzene rings is 1. The average molecular weight is 217 g/mol. The van der Waals surface area contributed by atoms with Crippen LogP contribution < -0.4 is 0 Å². The number of amides is 1. The normalized spacial score (nSPS) is 18.4. The maximum Gasteiger partial charge on any atom is 0.254 e. The van der Waals surface area contributed by atoms with Gasteiger partial charge in [0.25, 0.3) is 5.91 Å². The molecule has 1 aromatic carbocycles. The van der Waals surface area contributed by atoms with Gasteiger partial charge in [-0.3, -0.25) is 4.79 Å². The van der Waals surface area contributed by atoms with Gasteiger partial charge in [0.15, 0.2) is 0 Å². The van der Waals surface area contributed by atoms with Crippen LogP contribution in [0.2, 0.25) is 0 Å². The van der Waals surface area contributed by atoms with Gasteiger partial charge in [0.1, 0.15) is 0 Å². The summed E-state index contributed by atoms with van der Waals surface area (Å²) in [4.78, 5) is 14.2. The van der Waals surface area contributed by atoms with E-state index in [9.17, 15) is 4.79 Å². The Balaban J connectivity index is 2.50. The summed E-state index contributed by atoms with van der Waals surface area (Å²) in [7, 11) is 1.94. The minimum atomic E-state index is 0.0193. The molecule has 86 valence electrons. The molecular formula is C14H19NO. The number of carbonyl (C=O) groups is 1. The van der Waals surface area contributed by atoms with Crippen molar-refractivity contribution in [2.75, 3.05) is 7.05 Å². The number of hydrogen-bond donors (Lipinski definition) is 0. The Morgan fingerprint density at radius 3 is 2.50 bits per heavy atom. The van der Waals surface area contributed by atoms with Crippen LogP contribution in [-0.2, 0) is 6.42 Å². The Morgan fingerprint density at radius 1 is 1.25 bits per heavy atom. The zero-order chi connectivity index (χ0) is 11.8. The van der Waals surface area contributed by atoms with Gasteiger partial charge in [-0.2, -0.15) is 0 Å². The van der Waals surface area contributed by atoms with Gasteiger partial charge in [0.2, 0.25) is 0 Å². The molecule has 0 aromatic heterocycles. The van der Waals surface area contributed by atoms with Gasteiger partial charge < -0.3 is 4.90 Å². The summed E-state index contributed by atoms with van der Waals surface area (Å²) in [5.41, 5.74) is 2.10. The SMILES string of the molecule is CCC1(CC)Cc2ccccc2C(=O)N1C. The molecule has 0 fully saturated rings. The van der Waals surface area contributed by atoms with Crippen LogP contribution in [0.5, 0.6) is 0 Å². The second-order valence-corrected chi connectivity index (χ2v) is 4.63. The van der Waals surface area contributed by atoms with Gasteiger partial charge in [-0.15, -0.1) is 0 Å². The number of likely N-dealkylation sites (N-methyl/N-ethyl adjacent to an activating group) is 1. The van der Waals surface area contributed by atoms with Crippen molar-refractivity contribution in [3.8, 4) is 0 Å².